The lowest BCUT2D eigenvalue weighted by atomic mass is 10.0. The van der Waals surface area contributed by atoms with Crippen LogP contribution in [0, 0.1) is 0 Å². The number of hydrogen-bond acceptors (Lipinski definition) is 5. The third-order valence-corrected chi connectivity index (χ3v) is 6.30. The van der Waals surface area contributed by atoms with Crippen molar-refractivity contribution in [2.75, 3.05) is 13.1 Å². The second-order valence-corrected chi connectivity index (χ2v) is 8.12. The third-order valence-electron chi connectivity index (χ3n) is 6.30. The van der Waals surface area contributed by atoms with Crippen LogP contribution < -0.4 is 0 Å². The van der Waals surface area contributed by atoms with Gasteiger partial charge in [0.05, 0.1) is 12.6 Å². The van der Waals surface area contributed by atoms with E-state index in [1.807, 2.05) is 0 Å². The van der Waals surface area contributed by atoms with E-state index in [2.05, 4.69) is 60.3 Å². The Kier molecular flexibility index (Phi) is 4.46. The summed E-state index contributed by atoms with van der Waals surface area (Å²) in [5.74, 6) is 1.06. The van der Waals surface area contributed by atoms with Crippen molar-refractivity contribution in [2.24, 2.45) is 0 Å². The van der Waals surface area contributed by atoms with Gasteiger partial charge in [-0.25, -0.2) is 4.68 Å². The highest BCUT2D eigenvalue weighted by molar-refractivity contribution is 5.15. The second-order valence-electron chi connectivity index (χ2n) is 8.12. The normalized spacial score (nSPS) is 27.4. The maximum absolute atomic E-state index is 4.34. The van der Waals surface area contributed by atoms with Crippen LogP contribution in [0.25, 0.3) is 0 Å². The number of hydrogen-bond donors (Lipinski definition) is 0. The Morgan fingerprint density at radius 1 is 0.846 bits per heavy atom. The number of likely N-dealkylation sites (tertiary alicyclic amines) is 2. The van der Waals surface area contributed by atoms with Crippen molar-refractivity contribution in [3.63, 3.8) is 0 Å². The Balaban J connectivity index is 1.29. The van der Waals surface area contributed by atoms with Gasteiger partial charge in [-0.1, -0.05) is 30.3 Å². The molecule has 0 N–H and O–H groups in total. The average molecular weight is 352 g/mol. The molecule has 0 bridgehead atoms. The second kappa shape index (κ2) is 7.08. The van der Waals surface area contributed by atoms with E-state index in [0.717, 1.165) is 18.9 Å². The highest BCUT2D eigenvalue weighted by Gasteiger charge is 2.38. The first-order valence-electron chi connectivity index (χ1n) is 10.2. The molecule has 2 aromatic rings. The van der Waals surface area contributed by atoms with Crippen LogP contribution in [-0.2, 0) is 13.1 Å². The highest BCUT2D eigenvalue weighted by atomic mass is 15.6. The van der Waals surface area contributed by atoms with Crippen molar-refractivity contribution in [3.8, 4) is 0 Å². The maximum atomic E-state index is 4.34. The van der Waals surface area contributed by atoms with Gasteiger partial charge in [0.1, 0.15) is 0 Å². The lowest BCUT2D eigenvalue weighted by Gasteiger charge is -2.35. The molecule has 2 aliphatic heterocycles. The monoisotopic (exact) mass is 352 g/mol. The molecule has 0 spiro atoms. The quantitative estimate of drug-likeness (QED) is 0.800. The van der Waals surface area contributed by atoms with Crippen molar-refractivity contribution < 1.29 is 0 Å². The predicted octanol–water partition coefficient (Wildman–Crippen LogP) is 2.64. The first-order chi connectivity index (χ1) is 12.9. The zero-order chi connectivity index (χ0) is 17.3. The number of nitrogens with zero attached hydrogens (tertiary/aromatic N) is 6. The molecule has 6 nitrogen and oxygen atoms in total. The smallest absolute Gasteiger partial charge is 0.165 e. The number of tetrazole rings is 1. The fourth-order valence-corrected chi connectivity index (χ4v) is 4.89. The summed E-state index contributed by atoms with van der Waals surface area (Å²) in [4.78, 5) is 5.36. The van der Waals surface area contributed by atoms with Crippen molar-refractivity contribution in [1.82, 2.24) is 30.0 Å². The summed E-state index contributed by atoms with van der Waals surface area (Å²) in [7, 11) is 0. The summed E-state index contributed by atoms with van der Waals surface area (Å²) in [6.45, 7) is 4.39. The molecule has 0 amide bonds. The van der Waals surface area contributed by atoms with Gasteiger partial charge in [0.15, 0.2) is 5.82 Å². The first-order valence-corrected chi connectivity index (χ1v) is 10.2. The summed E-state index contributed by atoms with van der Waals surface area (Å²) in [6, 6.07) is 12.8. The highest BCUT2D eigenvalue weighted by Crippen LogP contribution is 2.36. The van der Waals surface area contributed by atoms with Crippen LogP contribution in [0.1, 0.15) is 56.0 Å². The summed E-state index contributed by atoms with van der Waals surface area (Å²) in [6.07, 6.45) is 7.71. The molecule has 2 unspecified atom stereocenters. The molecule has 138 valence electrons. The Morgan fingerprint density at radius 3 is 2.23 bits per heavy atom. The van der Waals surface area contributed by atoms with Gasteiger partial charge >= 0.3 is 0 Å². The summed E-state index contributed by atoms with van der Waals surface area (Å²) in [5, 5.41) is 12.5. The molecular formula is C20H28N6. The molecular weight excluding hydrogens is 324 g/mol. The lowest BCUT2D eigenvalue weighted by molar-refractivity contribution is 0.121. The summed E-state index contributed by atoms with van der Waals surface area (Å²) >= 11 is 0. The van der Waals surface area contributed by atoms with Crippen LogP contribution in [0.4, 0.5) is 0 Å². The zero-order valence-corrected chi connectivity index (χ0v) is 15.4. The van der Waals surface area contributed by atoms with E-state index < -0.39 is 0 Å². The van der Waals surface area contributed by atoms with Gasteiger partial charge in [-0.05, 0) is 67.6 Å². The van der Waals surface area contributed by atoms with Gasteiger partial charge in [0.2, 0.25) is 0 Å². The fraction of sp³-hybridized carbons (Fsp3) is 0.650. The zero-order valence-electron chi connectivity index (χ0n) is 15.4. The van der Waals surface area contributed by atoms with Crippen LogP contribution >= 0.6 is 0 Å². The maximum Gasteiger partial charge on any atom is 0.165 e. The molecule has 2 saturated heterocycles. The Labute approximate surface area is 155 Å². The molecule has 3 aliphatic rings. The average Bonchev–Trinajstić information content (AvgIpc) is 3.05. The van der Waals surface area contributed by atoms with Crippen molar-refractivity contribution in [2.45, 2.75) is 69.7 Å². The van der Waals surface area contributed by atoms with E-state index in [0.29, 0.717) is 18.1 Å². The van der Waals surface area contributed by atoms with E-state index in [1.165, 1.54) is 57.2 Å². The van der Waals surface area contributed by atoms with Gasteiger partial charge < -0.3 is 0 Å². The van der Waals surface area contributed by atoms with Gasteiger partial charge in [-0.15, -0.1) is 5.10 Å². The molecule has 1 aromatic carbocycles. The van der Waals surface area contributed by atoms with E-state index in [-0.39, 0.29) is 0 Å². The minimum Gasteiger partial charge on any atom is -0.295 e. The van der Waals surface area contributed by atoms with Crippen LogP contribution in [0.5, 0.6) is 0 Å². The van der Waals surface area contributed by atoms with Crippen LogP contribution in [0.15, 0.2) is 30.3 Å². The Bertz CT molecular complexity index is 725. The van der Waals surface area contributed by atoms with Crippen molar-refractivity contribution in [1.29, 1.82) is 0 Å². The Morgan fingerprint density at radius 2 is 1.54 bits per heavy atom. The first kappa shape index (κ1) is 16.4. The van der Waals surface area contributed by atoms with Crippen LogP contribution in [0.2, 0.25) is 0 Å². The van der Waals surface area contributed by atoms with Crippen LogP contribution in [0.3, 0.4) is 0 Å². The fourth-order valence-electron chi connectivity index (χ4n) is 4.89. The summed E-state index contributed by atoms with van der Waals surface area (Å²) in [5.41, 5.74) is 1.43. The van der Waals surface area contributed by atoms with Gasteiger partial charge in [-0.3, -0.25) is 9.80 Å². The van der Waals surface area contributed by atoms with Gasteiger partial charge in [0, 0.05) is 18.6 Å². The molecule has 26 heavy (non-hydrogen) atoms. The third kappa shape index (κ3) is 3.28. The Hall–Kier alpha value is -1.79. The molecule has 1 aromatic heterocycles. The molecule has 2 atom stereocenters. The van der Waals surface area contributed by atoms with Gasteiger partial charge in [-0.2, -0.15) is 0 Å². The summed E-state index contributed by atoms with van der Waals surface area (Å²) < 4.78 is 2.08. The molecule has 3 fully saturated rings. The van der Waals surface area contributed by atoms with Crippen molar-refractivity contribution >= 4 is 0 Å². The molecule has 6 heteroatoms. The molecule has 3 heterocycles. The number of aromatic nitrogens is 4. The van der Waals surface area contributed by atoms with E-state index >= 15 is 0 Å². The largest absolute Gasteiger partial charge is 0.295 e. The van der Waals surface area contributed by atoms with E-state index in [9.17, 15) is 0 Å². The topological polar surface area (TPSA) is 50.1 Å². The molecule has 1 aliphatic carbocycles. The minimum absolute atomic E-state index is 0.558. The van der Waals surface area contributed by atoms with Crippen molar-refractivity contribution in [3.05, 3.63) is 41.7 Å². The number of benzene rings is 1. The van der Waals surface area contributed by atoms with Gasteiger partial charge in [0.25, 0.3) is 0 Å². The lowest BCUT2D eigenvalue weighted by Crippen LogP contribution is -2.45. The molecule has 1 saturated carbocycles. The SMILES string of the molecule is c1ccc(CN2CCCC2C2CCCN2Cc2nnnn2C2CC2)cc1. The molecule has 5 rings (SSSR count). The predicted molar refractivity (Wildman–Crippen MR) is 99.4 cm³/mol. The molecule has 0 radical (unpaired) electrons. The standard InChI is InChI=1S/C20H28N6/c1-2-6-16(7-3-1)14-24-12-4-8-18(24)19-9-5-13-25(19)15-20-21-22-23-26(20)17-10-11-17/h1-3,6-7,17-19H,4-5,8-15H2. The number of rotatable bonds is 6. The van der Waals surface area contributed by atoms with E-state index in [4.69, 9.17) is 0 Å². The minimum atomic E-state index is 0.558. The van der Waals surface area contributed by atoms with Crippen LogP contribution in [-0.4, -0.2) is 55.2 Å². The van der Waals surface area contributed by atoms with E-state index in [1.54, 1.807) is 0 Å².